The SMILES string of the molecule is C=CCC(NC(=O)N(C)CCC(C)C)C(=O)O. The molecular formula is C12H22N2O3. The second kappa shape index (κ2) is 7.70. The van der Waals surface area contributed by atoms with Gasteiger partial charge in [-0.15, -0.1) is 6.58 Å². The number of carboxylic acid groups (broad SMARTS) is 1. The summed E-state index contributed by atoms with van der Waals surface area (Å²) in [5.41, 5.74) is 0. The van der Waals surface area contributed by atoms with E-state index in [1.54, 1.807) is 7.05 Å². The number of carbonyl (C=O) groups is 2. The van der Waals surface area contributed by atoms with E-state index >= 15 is 0 Å². The third-order valence-corrected chi connectivity index (χ3v) is 2.39. The van der Waals surface area contributed by atoms with Gasteiger partial charge < -0.3 is 15.3 Å². The number of carboxylic acids is 1. The molecule has 17 heavy (non-hydrogen) atoms. The van der Waals surface area contributed by atoms with Crippen LogP contribution in [0.25, 0.3) is 0 Å². The van der Waals surface area contributed by atoms with Crippen molar-refractivity contribution in [3.05, 3.63) is 12.7 Å². The molecule has 0 saturated carbocycles. The van der Waals surface area contributed by atoms with E-state index in [4.69, 9.17) is 5.11 Å². The van der Waals surface area contributed by atoms with E-state index in [-0.39, 0.29) is 12.5 Å². The van der Waals surface area contributed by atoms with Gasteiger partial charge in [-0.05, 0) is 18.8 Å². The number of urea groups is 1. The average Bonchev–Trinajstić information content (AvgIpc) is 2.24. The second-order valence-corrected chi connectivity index (χ2v) is 4.47. The van der Waals surface area contributed by atoms with Gasteiger partial charge in [-0.1, -0.05) is 19.9 Å². The molecule has 2 N–H and O–H groups in total. The number of amides is 2. The maximum Gasteiger partial charge on any atom is 0.326 e. The third-order valence-electron chi connectivity index (χ3n) is 2.39. The minimum atomic E-state index is -1.05. The molecular weight excluding hydrogens is 220 g/mol. The van der Waals surface area contributed by atoms with Gasteiger partial charge in [0.1, 0.15) is 6.04 Å². The van der Waals surface area contributed by atoms with Gasteiger partial charge in [0.25, 0.3) is 0 Å². The van der Waals surface area contributed by atoms with Crippen LogP contribution in [0, 0.1) is 5.92 Å². The fourth-order valence-electron chi connectivity index (χ4n) is 1.20. The molecule has 0 spiro atoms. The lowest BCUT2D eigenvalue weighted by molar-refractivity contribution is -0.139. The molecule has 0 aliphatic heterocycles. The van der Waals surface area contributed by atoms with Crippen LogP contribution >= 0.6 is 0 Å². The first-order chi connectivity index (χ1) is 7.88. The Kier molecular flexibility index (Phi) is 7.02. The van der Waals surface area contributed by atoms with Gasteiger partial charge in [0.05, 0.1) is 0 Å². The van der Waals surface area contributed by atoms with Crippen LogP contribution in [0.2, 0.25) is 0 Å². The first-order valence-electron chi connectivity index (χ1n) is 5.73. The third kappa shape index (κ3) is 6.60. The predicted octanol–water partition coefficient (Wildman–Crippen LogP) is 1.70. The van der Waals surface area contributed by atoms with E-state index in [9.17, 15) is 9.59 Å². The van der Waals surface area contributed by atoms with Gasteiger partial charge in [-0.2, -0.15) is 0 Å². The van der Waals surface area contributed by atoms with E-state index < -0.39 is 12.0 Å². The van der Waals surface area contributed by atoms with Gasteiger partial charge in [0.15, 0.2) is 0 Å². The fraction of sp³-hybridized carbons (Fsp3) is 0.667. The van der Waals surface area contributed by atoms with Crippen molar-refractivity contribution in [2.75, 3.05) is 13.6 Å². The maximum absolute atomic E-state index is 11.7. The molecule has 0 heterocycles. The van der Waals surface area contributed by atoms with Crippen LogP contribution in [-0.4, -0.2) is 41.6 Å². The number of rotatable bonds is 7. The Balaban J connectivity index is 4.20. The smallest absolute Gasteiger partial charge is 0.326 e. The quantitative estimate of drug-likeness (QED) is 0.668. The zero-order valence-electron chi connectivity index (χ0n) is 10.8. The summed E-state index contributed by atoms with van der Waals surface area (Å²) in [6.07, 6.45) is 2.59. The molecule has 5 nitrogen and oxygen atoms in total. The van der Waals surface area contributed by atoms with Crippen LogP contribution < -0.4 is 5.32 Å². The molecule has 1 atom stereocenters. The molecule has 0 aromatic carbocycles. The second-order valence-electron chi connectivity index (χ2n) is 4.47. The Bertz CT molecular complexity index is 277. The molecule has 0 aliphatic rings. The van der Waals surface area contributed by atoms with Crippen LogP contribution in [0.1, 0.15) is 26.7 Å². The van der Waals surface area contributed by atoms with Crippen molar-refractivity contribution < 1.29 is 14.7 Å². The number of hydrogen-bond acceptors (Lipinski definition) is 2. The van der Waals surface area contributed by atoms with Crippen molar-refractivity contribution >= 4 is 12.0 Å². The number of nitrogens with one attached hydrogen (secondary N) is 1. The van der Waals surface area contributed by atoms with Crippen molar-refractivity contribution in [3.8, 4) is 0 Å². The molecule has 0 fully saturated rings. The molecule has 1 unspecified atom stereocenters. The van der Waals surface area contributed by atoms with Crippen molar-refractivity contribution in [2.45, 2.75) is 32.7 Å². The topological polar surface area (TPSA) is 69.6 Å². The Hall–Kier alpha value is -1.52. The Morgan fingerprint density at radius 1 is 1.47 bits per heavy atom. The Morgan fingerprint density at radius 2 is 2.06 bits per heavy atom. The Labute approximate surface area is 102 Å². The van der Waals surface area contributed by atoms with E-state index in [0.29, 0.717) is 12.5 Å². The average molecular weight is 242 g/mol. The van der Waals surface area contributed by atoms with Crippen molar-refractivity contribution in [2.24, 2.45) is 5.92 Å². The highest BCUT2D eigenvalue weighted by Gasteiger charge is 2.20. The lowest BCUT2D eigenvalue weighted by Crippen LogP contribution is -2.46. The first kappa shape index (κ1) is 15.5. The highest BCUT2D eigenvalue weighted by atomic mass is 16.4. The predicted molar refractivity (Wildman–Crippen MR) is 66.9 cm³/mol. The van der Waals surface area contributed by atoms with Crippen LogP contribution in [0.15, 0.2) is 12.7 Å². The van der Waals surface area contributed by atoms with Gasteiger partial charge in [-0.25, -0.2) is 9.59 Å². The molecule has 0 bridgehead atoms. The van der Waals surface area contributed by atoms with Gasteiger partial charge in [-0.3, -0.25) is 0 Å². The van der Waals surface area contributed by atoms with Gasteiger partial charge in [0, 0.05) is 13.6 Å². The summed E-state index contributed by atoms with van der Waals surface area (Å²) < 4.78 is 0. The minimum Gasteiger partial charge on any atom is -0.480 e. The standard InChI is InChI=1S/C12H22N2O3/c1-5-6-10(11(15)16)13-12(17)14(4)8-7-9(2)3/h5,9-10H,1,6-8H2,2-4H3,(H,13,17)(H,15,16). The highest BCUT2D eigenvalue weighted by Crippen LogP contribution is 2.01. The molecule has 0 saturated heterocycles. The van der Waals surface area contributed by atoms with Crippen molar-refractivity contribution in [3.63, 3.8) is 0 Å². The normalized spacial score (nSPS) is 12.0. The van der Waals surface area contributed by atoms with Crippen LogP contribution in [0.4, 0.5) is 4.79 Å². The lowest BCUT2D eigenvalue weighted by Gasteiger charge is -2.21. The summed E-state index contributed by atoms with van der Waals surface area (Å²) in [7, 11) is 1.66. The fourth-order valence-corrected chi connectivity index (χ4v) is 1.20. The van der Waals surface area contributed by atoms with Crippen molar-refractivity contribution in [1.29, 1.82) is 0 Å². The van der Waals surface area contributed by atoms with Gasteiger partial charge >= 0.3 is 12.0 Å². The van der Waals surface area contributed by atoms with E-state index in [2.05, 4.69) is 25.7 Å². The molecule has 5 heteroatoms. The van der Waals surface area contributed by atoms with Gasteiger partial charge in [0.2, 0.25) is 0 Å². The summed E-state index contributed by atoms with van der Waals surface area (Å²) in [6, 6.07) is -1.26. The van der Waals surface area contributed by atoms with E-state index in [1.165, 1.54) is 11.0 Å². The lowest BCUT2D eigenvalue weighted by atomic mass is 10.1. The largest absolute Gasteiger partial charge is 0.480 e. The summed E-state index contributed by atoms with van der Waals surface area (Å²) in [6.45, 7) is 8.23. The molecule has 0 aliphatic carbocycles. The minimum absolute atomic E-state index is 0.221. The molecule has 0 rings (SSSR count). The van der Waals surface area contributed by atoms with Crippen LogP contribution in [-0.2, 0) is 4.79 Å². The first-order valence-corrected chi connectivity index (χ1v) is 5.73. The van der Waals surface area contributed by atoms with Crippen LogP contribution in [0.3, 0.4) is 0 Å². The zero-order chi connectivity index (χ0) is 13.4. The molecule has 0 radical (unpaired) electrons. The molecule has 2 amide bonds. The van der Waals surface area contributed by atoms with E-state index in [1.807, 2.05) is 0 Å². The molecule has 98 valence electrons. The molecule has 0 aromatic rings. The van der Waals surface area contributed by atoms with Crippen molar-refractivity contribution in [1.82, 2.24) is 10.2 Å². The highest BCUT2D eigenvalue weighted by molar-refractivity contribution is 5.82. The molecule has 0 aromatic heterocycles. The number of aliphatic carboxylic acids is 1. The monoisotopic (exact) mass is 242 g/mol. The number of nitrogens with zero attached hydrogens (tertiary/aromatic N) is 1. The van der Waals surface area contributed by atoms with Crippen LogP contribution in [0.5, 0.6) is 0 Å². The summed E-state index contributed by atoms with van der Waals surface area (Å²) in [5.74, 6) is -0.538. The summed E-state index contributed by atoms with van der Waals surface area (Å²) in [4.78, 5) is 24.0. The Morgan fingerprint density at radius 3 is 2.47 bits per heavy atom. The van der Waals surface area contributed by atoms with E-state index in [0.717, 1.165) is 6.42 Å². The maximum atomic E-state index is 11.7. The summed E-state index contributed by atoms with van der Waals surface area (Å²) >= 11 is 0. The summed E-state index contributed by atoms with van der Waals surface area (Å²) in [5, 5.41) is 11.3. The number of carbonyl (C=O) groups excluding carboxylic acids is 1. The number of hydrogen-bond donors (Lipinski definition) is 2. The zero-order valence-corrected chi connectivity index (χ0v) is 10.8.